The monoisotopic (exact) mass is 720 g/mol. The highest BCUT2D eigenvalue weighted by atomic mass is 33.1. The minimum absolute atomic E-state index is 0.00287. The number of rotatable bonds is 21. The number of benzene rings is 1. The number of aliphatic hydroxyl groups excluding tert-OH is 1. The van der Waals surface area contributed by atoms with Gasteiger partial charge in [0, 0.05) is 29.4 Å². The summed E-state index contributed by atoms with van der Waals surface area (Å²) in [5.41, 5.74) is 4.10. The fourth-order valence-corrected chi connectivity index (χ4v) is 6.80. The summed E-state index contributed by atoms with van der Waals surface area (Å²) in [6, 6.07) is 6.49. The standard InChI is InChI=1S/C29H44BFN3O8S4/c1-29(2,3)46-44-26(19-40-21-8-5-7-20(15-21)27(37)34-12-10-32)39-14-13-38-18-25(36)33-11-6-9-30-24-16-22(23(17-35)41-24)42-28(31)45-43-4/h5,7-8,15,22-24,26,28,35H,10-14,16-19,32H2,1-4H3,(H,33,36)(H,34,37)/t22-,23?,24-,26?,28+/m1/s1. The third-order valence-electron chi connectivity index (χ3n) is 5.69. The van der Waals surface area contributed by atoms with Gasteiger partial charge in [-0.25, -0.2) is 4.39 Å². The first-order valence-electron chi connectivity index (χ1n) is 14.6. The molecule has 1 heterocycles. The van der Waals surface area contributed by atoms with Crippen molar-refractivity contribution in [3.63, 3.8) is 0 Å². The lowest BCUT2D eigenvalue weighted by atomic mass is 9.71. The molecule has 1 saturated heterocycles. The van der Waals surface area contributed by atoms with E-state index in [1.807, 2.05) is 0 Å². The Kier molecular flexibility index (Phi) is 20.5. The van der Waals surface area contributed by atoms with Gasteiger partial charge in [0.25, 0.3) is 18.9 Å². The van der Waals surface area contributed by atoms with E-state index in [2.05, 4.69) is 43.1 Å². The van der Waals surface area contributed by atoms with Crippen molar-refractivity contribution in [2.75, 3.05) is 58.9 Å². The zero-order valence-corrected chi connectivity index (χ0v) is 29.8. The number of hydrogen-bond donors (Lipinski definition) is 4. The molecule has 5 atom stereocenters. The highest BCUT2D eigenvalue weighted by molar-refractivity contribution is 8.77. The summed E-state index contributed by atoms with van der Waals surface area (Å²) in [6.45, 7) is 7.42. The zero-order valence-electron chi connectivity index (χ0n) is 26.5. The van der Waals surface area contributed by atoms with Crippen molar-refractivity contribution in [1.29, 1.82) is 0 Å². The molecular formula is C29H44BFN3O8S4. The molecule has 1 radical (unpaired) electrons. The topological polar surface area (TPSA) is 151 Å². The fraction of sp³-hybridized carbons (Fsp3) is 0.655. The second-order valence-electron chi connectivity index (χ2n) is 10.6. The lowest BCUT2D eigenvalue weighted by Gasteiger charge is -2.22. The predicted octanol–water partition coefficient (Wildman–Crippen LogP) is 2.83. The number of nitrogens with two attached hydrogens (primary N) is 1. The number of hydrogen-bond acceptors (Lipinski definition) is 13. The van der Waals surface area contributed by atoms with E-state index in [9.17, 15) is 19.1 Å². The van der Waals surface area contributed by atoms with Crippen LogP contribution < -0.4 is 21.1 Å². The van der Waals surface area contributed by atoms with E-state index in [-0.39, 0.29) is 61.6 Å². The van der Waals surface area contributed by atoms with Crippen molar-refractivity contribution in [1.82, 2.24) is 10.6 Å². The summed E-state index contributed by atoms with van der Waals surface area (Å²) >= 11 is 0. The van der Waals surface area contributed by atoms with Crippen LogP contribution in [0.25, 0.3) is 0 Å². The molecule has 2 unspecified atom stereocenters. The molecule has 2 rings (SSSR count). The van der Waals surface area contributed by atoms with Gasteiger partial charge in [0.1, 0.15) is 30.5 Å². The normalized spacial score (nSPS) is 19.1. The number of aliphatic hydroxyl groups is 1. The molecule has 46 heavy (non-hydrogen) atoms. The highest BCUT2D eigenvalue weighted by Crippen LogP contribution is 2.38. The number of amides is 2. The highest BCUT2D eigenvalue weighted by Gasteiger charge is 2.37. The van der Waals surface area contributed by atoms with E-state index in [4.69, 9.17) is 29.4 Å². The van der Waals surface area contributed by atoms with Crippen LogP contribution in [0.3, 0.4) is 0 Å². The lowest BCUT2D eigenvalue weighted by Crippen LogP contribution is -2.29. The minimum Gasteiger partial charge on any atom is -0.490 e. The van der Waals surface area contributed by atoms with Crippen LogP contribution in [0.2, 0.25) is 0 Å². The van der Waals surface area contributed by atoms with Crippen molar-refractivity contribution < 1.29 is 42.8 Å². The average Bonchev–Trinajstić information content (AvgIpc) is 3.41. The Morgan fingerprint density at radius 2 is 2.07 bits per heavy atom. The summed E-state index contributed by atoms with van der Waals surface area (Å²) in [5, 5.41) is 14.9. The van der Waals surface area contributed by atoms with Gasteiger partial charge < -0.3 is 45.2 Å². The Hall–Kier alpha value is -1.33. The first-order chi connectivity index (χ1) is 22.0. The first kappa shape index (κ1) is 40.8. The predicted molar refractivity (Wildman–Crippen MR) is 187 cm³/mol. The van der Waals surface area contributed by atoms with Crippen molar-refractivity contribution >= 4 is 62.3 Å². The van der Waals surface area contributed by atoms with Crippen LogP contribution in [0.15, 0.2) is 24.3 Å². The molecule has 5 N–H and O–H groups in total. The third-order valence-corrected chi connectivity index (χ3v) is 10.7. The van der Waals surface area contributed by atoms with Crippen molar-refractivity contribution in [3.8, 4) is 17.5 Å². The van der Waals surface area contributed by atoms with Gasteiger partial charge in [-0.15, -0.1) is 0 Å². The maximum atomic E-state index is 13.8. The number of nitrogens with one attached hydrogen (secondary N) is 2. The Balaban J connectivity index is 1.68. The van der Waals surface area contributed by atoms with E-state index < -0.39 is 23.9 Å². The van der Waals surface area contributed by atoms with Crippen molar-refractivity contribution in [2.45, 2.75) is 61.3 Å². The van der Waals surface area contributed by atoms with Gasteiger partial charge in [-0.05, 0) is 41.7 Å². The Morgan fingerprint density at radius 1 is 1.26 bits per heavy atom. The molecule has 2 amide bonds. The Morgan fingerprint density at radius 3 is 2.78 bits per heavy atom. The van der Waals surface area contributed by atoms with Crippen LogP contribution in [0.1, 0.15) is 37.6 Å². The van der Waals surface area contributed by atoms with Crippen LogP contribution in [-0.2, 0) is 23.7 Å². The summed E-state index contributed by atoms with van der Waals surface area (Å²) in [4.78, 5) is 24.4. The largest absolute Gasteiger partial charge is 0.490 e. The maximum absolute atomic E-state index is 13.8. The zero-order chi connectivity index (χ0) is 33.8. The second kappa shape index (κ2) is 23.1. The molecule has 17 heteroatoms. The van der Waals surface area contributed by atoms with E-state index in [0.29, 0.717) is 30.8 Å². The van der Waals surface area contributed by atoms with Crippen LogP contribution in [0, 0.1) is 11.7 Å². The molecule has 0 bridgehead atoms. The van der Waals surface area contributed by atoms with Crippen molar-refractivity contribution in [2.24, 2.45) is 5.73 Å². The summed E-state index contributed by atoms with van der Waals surface area (Å²) in [7, 11) is 7.01. The van der Waals surface area contributed by atoms with Crippen LogP contribution in [-0.4, -0.2) is 117 Å². The quantitative estimate of drug-likeness (QED) is 0.0485. The van der Waals surface area contributed by atoms with E-state index in [1.54, 1.807) is 59.4 Å². The SMILES string of the molecule is CSS[C@@H](F)O[C@@H]1C[C@H]([B]C#CCNC(=O)COCCOC(COc2cccc(C(=O)NCCN)c2)SSC(C)(C)C)OC1CO. The molecule has 1 aromatic rings. The molecule has 1 fully saturated rings. The molecule has 0 spiro atoms. The van der Waals surface area contributed by atoms with E-state index in [0.717, 1.165) is 10.8 Å². The Bertz CT molecular complexity index is 1110. The molecule has 1 aromatic carbocycles. The van der Waals surface area contributed by atoms with E-state index in [1.165, 1.54) is 10.8 Å². The molecule has 11 nitrogen and oxygen atoms in total. The number of halogens is 1. The number of alkyl halides is 1. The molecule has 0 aromatic heterocycles. The summed E-state index contributed by atoms with van der Waals surface area (Å²) < 4.78 is 42.1. The minimum atomic E-state index is -1.51. The number of carbonyl (C=O) groups excluding carboxylic acids is 2. The lowest BCUT2D eigenvalue weighted by molar-refractivity contribution is -0.126. The van der Waals surface area contributed by atoms with Gasteiger partial charge in [-0.1, -0.05) is 65.1 Å². The molecule has 0 saturated carbocycles. The van der Waals surface area contributed by atoms with Gasteiger partial charge in [0.2, 0.25) is 5.91 Å². The van der Waals surface area contributed by atoms with Gasteiger partial charge in [-0.3, -0.25) is 9.59 Å². The van der Waals surface area contributed by atoms with Gasteiger partial charge >= 0.3 is 0 Å². The van der Waals surface area contributed by atoms with Gasteiger partial charge in [0.05, 0.1) is 32.5 Å². The number of carbonyl (C=O) groups is 2. The summed E-state index contributed by atoms with van der Waals surface area (Å²) in [5.74, 6) is 5.63. The van der Waals surface area contributed by atoms with Crippen molar-refractivity contribution in [3.05, 3.63) is 29.8 Å². The third kappa shape index (κ3) is 17.7. The van der Waals surface area contributed by atoms with Crippen LogP contribution >= 0.6 is 43.2 Å². The van der Waals surface area contributed by atoms with E-state index >= 15 is 0 Å². The number of ether oxygens (including phenoxy) is 5. The molecule has 1 aliphatic heterocycles. The molecular weight excluding hydrogens is 676 g/mol. The molecule has 0 aliphatic carbocycles. The molecule has 1 aliphatic rings. The first-order valence-corrected chi connectivity index (χ1v) is 19.5. The molecule has 257 valence electrons. The Labute approximate surface area is 287 Å². The smallest absolute Gasteiger partial charge is 0.257 e. The average molecular weight is 721 g/mol. The maximum Gasteiger partial charge on any atom is 0.257 e. The summed E-state index contributed by atoms with van der Waals surface area (Å²) in [6.07, 6.45) is 0.933. The fourth-order valence-electron chi connectivity index (χ4n) is 3.68. The van der Waals surface area contributed by atoms with Crippen LogP contribution in [0.4, 0.5) is 4.39 Å². The van der Waals surface area contributed by atoms with Gasteiger partial charge in [-0.2, -0.15) is 5.82 Å². The van der Waals surface area contributed by atoms with Crippen LogP contribution in [0.5, 0.6) is 5.75 Å². The van der Waals surface area contributed by atoms with Gasteiger partial charge in [0.15, 0.2) is 0 Å². The second-order valence-corrected chi connectivity index (χ2v) is 16.3.